The van der Waals surface area contributed by atoms with Gasteiger partial charge in [0.1, 0.15) is 5.65 Å². The summed E-state index contributed by atoms with van der Waals surface area (Å²) in [5.41, 5.74) is 8.01. The topological polar surface area (TPSA) is 87.0 Å². The van der Waals surface area contributed by atoms with Crippen LogP contribution < -0.4 is 11.1 Å². The Bertz CT molecular complexity index is 807. The van der Waals surface area contributed by atoms with Crippen molar-refractivity contribution in [1.29, 1.82) is 0 Å². The molecule has 2 aliphatic heterocycles. The Morgan fingerprint density at radius 3 is 2.65 bits per heavy atom. The summed E-state index contributed by atoms with van der Waals surface area (Å²) >= 11 is 0. The molecule has 4 heterocycles. The minimum absolute atomic E-state index is 0.322. The van der Waals surface area contributed by atoms with Gasteiger partial charge < -0.3 is 16.0 Å². The van der Waals surface area contributed by atoms with Crippen molar-refractivity contribution in [2.75, 3.05) is 11.9 Å². The van der Waals surface area contributed by atoms with Crippen molar-refractivity contribution in [3.8, 4) is 0 Å². The number of nitrogens with one attached hydrogen (secondary N) is 2. The van der Waals surface area contributed by atoms with Crippen LogP contribution in [-0.2, 0) is 0 Å². The van der Waals surface area contributed by atoms with Crippen LogP contribution in [0, 0.1) is 5.41 Å². The van der Waals surface area contributed by atoms with Crippen molar-refractivity contribution in [2.45, 2.75) is 64.6 Å². The monoisotopic (exact) mass is 355 g/mol. The summed E-state index contributed by atoms with van der Waals surface area (Å²) in [5.74, 6) is -0.434. The van der Waals surface area contributed by atoms with Crippen LogP contribution in [0.3, 0.4) is 0 Å². The first-order chi connectivity index (χ1) is 12.3. The Hall–Kier alpha value is -2.08. The molecule has 1 amide bonds. The number of carbonyl (C=O) groups is 1. The first-order valence-corrected chi connectivity index (χ1v) is 9.60. The van der Waals surface area contributed by atoms with Gasteiger partial charge in [-0.3, -0.25) is 9.69 Å². The number of primary amides is 1. The fraction of sp³-hybridized carbons (Fsp3) is 0.600. The fourth-order valence-electron chi connectivity index (χ4n) is 4.75. The normalized spacial score (nSPS) is 26.3. The van der Waals surface area contributed by atoms with Crippen molar-refractivity contribution in [3.63, 3.8) is 0 Å². The zero-order valence-corrected chi connectivity index (χ0v) is 15.9. The van der Waals surface area contributed by atoms with Gasteiger partial charge in [-0.2, -0.15) is 0 Å². The van der Waals surface area contributed by atoms with E-state index in [1.807, 2.05) is 12.3 Å². The van der Waals surface area contributed by atoms with Crippen LogP contribution in [0.1, 0.15) is 56.8 Å². The third kappa shape index (κ3) is 3.18. The summed E-state index contributed by atoms with van der Waals surface area (Å²) in [5, 5.41) is 4.59. The summed E-state index contributed by atoms with van der Waals surface area (Å²) in [4.78, 5) is 22.0. The molecule has 140 valence electrons. The van der Waals surface area contributed by atoms with E-state index in [1.54, 1.807) is 6.20 Å². The second-order valence-corrected chi connectivity index (χ2v) is 9.08. The largest absolute Gasteiger partial charge is 0.381 e. The first-order valence-electron chi connectivity index (χ1n) is 9.60. The van der Waals surface area contributed by atoms with Crippen LogP contribution in [-0.4, -0.2) is 45.4 Å². The number of anilines is 1. The van der Waals surface area contributed by atoms with Gasteiger partial charge in [0.15, 0.2) is 0 Å². The molecule has 0 saturated carbocycles. The molecule has 0 aliphatic carbocycles. The van der Waals surface area contributed by atoms with E-state index in [2.05, 4.69) is 41.0 Å². The Labute approximate surface area is 154 Å². The number of fused-ring (bicyclic) bond motifs is 3. The van der Waals surface area contributed by atoms with Crippen molar-refractivity contribution in [3.05, 3.63) is 24.0 Å². The lowest BCUT2D eigenvalue weighted by molar-refractivity contribution is 0.0905. The number of amides is 1. The van der Waals surface area contributed by atoms with Crippen LogP contribution in [0.25, 0.3) is 11.0 Å². The maximum absolute atomic E-state index is 11.9. The fourth-order valence-corrected chi connectivity index (χ4v) is 4.75. The smallest absolute Gasteiger partial charge is 0.252 e. The van der Waals surface area contributed by atoms with Gasteiger partial charge in [-0.05, 0) is 37.2 Å². The molecular formula is C20H29N5O. The molecule has 0 spiro atoms. The quantitative estimate of drug-likeness (QED) is 0.786. The Kier molecular flexibility index (Phi) is 4.18. The number of nitrogens with two attached hydrogens (primary N) is 1. The van der Waals surface area contributed by atoms with Gasteiger partial charge in [0.05, 0.1) is 11.3 Å². The average molecular weight is 355 g/mol. The summed E-state index contributed by atoms with van der Waals surface area (Å²) < 4.78 is 0. The maximum Gasteiger partial charge on any atom is 0.252 e. The van der Waals surface area contributed by atoms with Crippen LogP contribution >= 0.6 is 0 Å². The molecule has 2 aromatic rings. The van der Waals surface area contributed by atoms with E-state index in [9.17, 15) is 4.79 Å². The van der Waals surface area contributed by atoms with E-state index in [4.69, 9.17) is 5.73 Å². The van der Waals surface area contributed by atoms with Gasteiger partial charge in [0, 0.05) is 42.5 Å². The third-order valence-electron chi connectivity index (χ3n) is 5.74. The summed E-state index contributed by atoms with van der Waals surface area (Å²) in [7, 11) is 0. The Morgan fingerprint density at radius 1 is 1.35 bits per heavy atom. The van der Waals surface area contributed by atoms with Gasteiger partial charge >= 0.3 is 0 Å². The number of piperidine rings is 1. The second kappa shape index (κ2) is 6.27. The van der Waals surface area contributed by atoms with Crippen molar-refractivity contribution >= 4 is 22.6 Å². The van der Waals surface area contributed by atoms with E-state index in [-0.39, 0.29) is 0 Å². The molecule has 2 fully saturated rings. The molecule has 2 aliphatic rings. The molecule has 4 N–H and O–H groups in total. The zero-order valence-electron chi connectivity index (χ0n) is 15.9. The Balaban J connectivity index is 1.57. The number of aromatic amines is 1. The van der Waals surface area contributed by atoms with Crippen LogP contribution in [0.2, 0.25) is 0 Å². The van der Waals surface area contributed by atoms with Gasteiger partial charge in [-0.25, -0.2) is 4.98 Å². The molecule has 0 radical (unpaired) electrons. The SMILES string of the molecule is CC(C)(C)CN1[C@@H]2CC[C@H]1C[C@H](Nc1c(C(N)=O)cnc3[nH]ccc13)C2. The van der Waals surface area contributed by atoms with Gasteiger partial charge in [-0.15, -0.1) is 0 Å². The highest BCUT2D eigenvalue weighted by atomic mass is 16.1. The van der Waals surface area contributed by atoms with E-state index in [1.165, 1.54) is 12.8 Å². The summed E-state index contributed by atoms with van der Waals surface area (Å²) in [6.07, 6.45) is 8.20. The van der Waals surface area contributed by atoms with E-state index in [0.717, 1.165) is 36.1 Å². The van der Waals surface area contributed by atoms with Crippen molar-refractivity contribution in [2.24, 2.45) is 11.1 Å². The molecule has 0 aromatic carbocycles. The predicted molar refractivity (Wildman–Crippen MR) is 104 cm³/mol. The molecule has 2 aromatic heterocycles. The maximum atomic E-state index is 11.9. The van der Waals surface area contributed by atoms with Crippen molar-refractivity contribution < 1.29 is 4.79 Å². The molecule has 2 saturated heterocycles. The highest BCUT2D eigenvalue weighted by molar-refractivity contribution is 6.05. The minimum atomic E-state index is -0.434. The third-order valence-corrected chi connectivity index (χ3v) is 5.74. The lowest BCUT2D eigenvalue weighted by atomic mass is 9.90. The van der Waals surface area contributed by atoms with E-state index in [0.29, 0.717) is 29.1 Å². The lowest BCUT2D eigenvalue weighted by Crippen LogP contribution is -2.49. The van der Waals surface area contributed by atoms with Gasteiger partial charge in [0.2, 0.25) is 0 Å². The van der Waals surface area contributed by atoms with Crippen LogP contribution in [0.5, 0.6) is 0 Å². The number of hydrogen-bond acceptors (Lipinski definition) is 4. The molecule has 6 nitrogen and oxygen atoms in total. The predicted octanol–water partition coefficient (Wildman–Crippen LogP) is 3.12. The van der Waals surface area contributed by atoms with E-state index >= 15 is 0 Å². The molecule has 26 heavy (non-hydrogen) atoms. The first kappa shape index (κ1) is 17.3. The lowest BCUT2D eigenvalue weighted by Gasteiger charge is -2.42. The number of nitrogens with zero attached hydrogens (tertiary/aromatic N) is 2. The molecule has 6 heteroatoms. The second-order valence-electron chi connectivity index (χ2n) is 9.08. The molecular weight excluding hydrogens is 326 g/mol. The van der Waals surface area contributed by atoms with Crippen LogP contribution in [0.4, 0.5) is 5.69 Å². The van der Waals surface area contributed by atoms with Crippen LogP contribution in [0.15, 0.2) is 18.5 Å². The highest BCUT2D eigenvalue weighted by Gasteiger charge is 2.42. The number of pyridine rings is 1. The van der Waals surface area contributed by atoms with Crippen molar-refractivity contribution in [1.82, 2.24) is 14.9 Å². The molecule has 4 rings (SSSR count). The zero-order chi connectivity index (χ0) is 18.5. The highest BCUT2D eigenvalue weighted by Crippen LogP contribution is 2.39. The number of rotatable bonds is 4. The summed E-state index contributed by atoms with van der Waals surface area (Å²) in [6, 6.07) is 3.58. The minimum Gasteiger partial charge on any atom is -0.381 e. The summed E-state index contributed by atoms with van der Waals surface area (Å²) in [6.45, 7) is 8.10. The van der Waals surface area contributed by atoms with Gasteiger partial charge in [-0.1, -0.05) is 20.8 Å². The number of hydrogen-bond donors (Lipinski definition) is 3. The number of H-pyrrole nitrogens is 1. The number of carbonyl (C=O) groups excluding carboxylic acids is 1. The standard InChI is InChI=1S/C20H29N5O/c1-20(2,3)11-25-13-4-5-14(25)9-12(8-13)24-17-15-6-7-22-19(15)23-10-16(17)18(21)26/h6-7,10,12-14H,4-5,8-9,11H2,1-3H3,(H2,21,26)(H2,22,23,24)/t12-,13-,14+. The molecule has 2 bridgehead atoms. The van der Waals surface area contributed by atoms with Gasteiger partial charge in [0.25, 0.3) is 5.91 Å². The number of aromatic nitrogens is 2. The van der Waals surface area contributed by atoms with E-state index < -0.39 is 5.91 Å². The molecule has 0 unspecified atom stereocenters. The Morgan fingerprint density at radius 2 is 2.04 bits per heavy atom. The average Bonchev–Trinajstić information content (AvgIpc) is 3.09. The molecule has 3 atom stereocenters.